The van der Waals surface area contributed by atoms with Crippen LogP contribution in [0.1, 0.15) is 11.1 Å². The molecule has 0 fully saturated rings. The Balaban J connectivity index is 0.00000180. The van der Waals surface area contributed by atoms with Crippen LogP contribution < -0.4 is 34.5 Å². The predicted molar refractivity (Wildman–Crippen MR) is 69.4 cm³/mol. The Morgan fingerprint density at radius 1 is 0.737 bits per heavy atom. The summed E-state index contributed by atoms with van der Waals surface area (Å²) in [4.78, 5) is 11.5. The van der Waals surface area contributed by atoms with Gasteiger partial charge in [0.05, 0.1) is 21.8 Å². The zero-order valence-corrected chi connectivity index (χ0v) is 13.8. The van der Waals surface area contributed by atoms with Crippen molar-refractivity contribution in [1.29, 1.82) is 0 Å². The average Bonchev–Trinajstić information content (AvgIpc) is 2.45. The van der Waals surface area contributed by atoms with Gasteiger partial charge in [0, 0.05) is 0 Å². The fourth-order valence-electron chi connectivity index (χ4n) is 1.44. The molecule has 5 heteroatoms. The number of hydrogen-bond donors (Lipinski definition) is 0. The Morgan fingerprint density at radius 2 is 1.11 bits per heavy atom. The molecule has 0 saturated heterocycles. The van der Waals surface area contributed by atoms with Crippen LogP contribution in [-0.4, -0.2) is 0 Å². The first-order valence-electron chi connectivity index (χ1n) is 5.65. The predicted octanol–water partition coefficient (Wildman–Crippen LogP) is 0.0112. The van der Waals surface area contributed by atoms with Crippen LogP contribution in [0.5, 0.6) is 0 Å². The van der Waals surface area contributed by atoms with Gasteiger partial charge in [0.15, 0.2) is 0 Å². The van der Waals surface area contributed by atoms with E-state index in [2.05, 4.69) is 0 Å². The van der Waals surface area contributed by atoms with Gasteiger partial charge in [-0.25, -0.2) is 0 Å². The molecule has 2 rings (SSSR count). The molecule has 19 heavy (non-hydrogen) atoms. The normalized spacial score (nSPS) is 10.2. The fourth-order valence-corrected chi connectivity index (χ4v) is 2.02. The standard InChI is InChI=1S/C14H14O3P.Na/c15-18(16-11-13-7-3-1-4-8-13)17-12-14-9-5-2-6-10-14;/h1-10H,11-12H2;/q-1;+1. The molecular weight excluding hydrogens is 270 g/mol. The Hall–Kier alpha value is -0.250. The minimum atomic E-state index is -2.08. The van der Waals surface area contributed by atoms with Crippen LogP contribution in [0.15, 0.2) is 60.7 Å². The third kappa shape index (κ3) is 6.64. The van der Waals surface area contributed by atoms with E-state index in [4.69, 9.17) is 9.05 Å². The summed E-state index contributed by atoms with van der Waals surface area (Å²) in [6, 6.07) is 19.2. The van der Waals surface area contributed by atoms with E-state index in [1.807, 2.05) is 60.7 Å². The summed E-state index contributed by atoms with van der Waals surface area (Å²) in [5.74, 6) is 0. The van der Waals surface area contributed by atoms with Crippen LogP contribution in [-0.2, 0) is 22.3 Å². The SMILES string of the molecule is [Na+].[O-]P(OCc1ccccc1)OCc1ccccc1. The van der Waals surface area contributed by atoms with Crippen LogP contribution in [0, 0.1) is 0 Å². The van der Waals surface area contributed by atoms with Crippen molar-refractivity contribution in [2.45, 2.75) is 13.2 Å². The molecular formula is C14H14NaO3P. The quantitative estimate of drug-likeness (QED) is 0.554. The van der Waals surface area contributed by atoms with Gasteiger partial charge in [0.1, 0.15) is 0 Å². The molecule has 0 aliphatic rings. The van der Waals surface area contributed by atoms with Crippen LogP contribution in [0.25, 0.3) is 0 Å². The van der Waals surface area contributed by atoms with E-state index in [-0.39, 0.29) is 29.6 Å². The van der Waals surface area contributed by atoms with Gasteiger partial charge < -0.3 is 13.9 Å². The van der Waals surface area contributed by atoms with E-state index in [1.165, 1.54) is 0 Å². The summed E-state index contributed by atoms with van der Waals surface area (Å²) in [5, 5.41) is 0. The van der Waals surface area contributed by atoms with Crippen LogP contribution >= 0.6 is 8.60 Å². The Labute approximate surface area is 136 Å². The Kier molecular flexibility index (Phi) is 8.51. The minimum Gasteiger partial charge on any atom is -0.786 e. The summed E-state index contributed by atoms with van der Waals surface area (Å²) in [7, 11) is -2.08. The number of hydrogen-bond acceptors (Lipinski definition) is 3. The molecule has 3 nitrogen and oxygen atoms in total. The molecule has 0 unspecified atom stereocenters. The largest absolute Gasteiger partial charge is 1.00 e. The van der Waals surface area contributed by atoms with E-state index in [0.29, 0.717) is 13.2 Å². The summed E-state index contributed by atoms with van der Waals surface area (Å²) in [6.07, 6.45) is 0. The molecule has 0 aliphatic heterocycles. The summed E-state index contributed by atoms with van der Waals surface area (Å²) >= 11 is 0. The first-order valence-corrected chi connectivity index (χ1v) is 6.75. The van der Waals surface area contributed by atoms with Gasteiger partial charge in [-0.1, -0.05) is 60.7 Å². The summed E-state index contributed by atoms with van der Waals surface area (Å²) < 4.78 is 10.3. The van der Waals surface area contributed by atoms with Gasteiger partial charge in [-0.3, -0.25) is 0 Å². The molecule has 0 aliphatic carbocycles. The van der Waals surface area contributed by atoms with Crippen LogP contribution in [0.2, 0.25) is 0 Å². The molecule has 2 aromatic carbocycles. The van der Waals surface area contributed by atoms with Crippen LogP contribution in [0.4, 0.5) is 0 Å². The van der Waals surface area contributed by atoms with Gasteiger partial charge >= 0.3 is 29.6 Å². The van der Waals surface area contributed by atoms with Crippen molar-refractivity contribution in [3.8, 4) is 0 Å². The second kappa shape index (κ2) is 9.62. The zero-order valence-electron chi connectivity index (χ0n) is 10.9. The monoisotopic (exact) mass is 284 g/mol. The fraction of sp³-hybridized carbons (Fsp3) is 0.143. The Morgan fingerprint density at radius 3 is 1.47 bits per heavy atom. The van der Waals surface area contributed by atoms with Gasteiger partial charge in [-0.05, 0) is 11.1 Å². The molecule has 0 N–H and O–H groups in total. The topological polar surface area (TPSA) is 41.5 Å². The van der Waals surface area contributed by atoms with Gasteiger partial charge in [-0.15, -0.1) is 0 Å². The van der Waals surface area contributed by atoms with Crippen molar-refractivity contribution >= 4 is 8.60 Å². The van der Waals surface area contributed by atoms with E-state index in [0.717, 1.165) is 11.1 Å². The van der Waals surface area contributed by atoms with Crippen LogP contribution in [0.3, 0.4) is 0 Å². The van der Waals surface area contributed by atoms with Crippen molar-refractivity contribution in [2.75, 3.05) is 0 Å². The van der Waals surface area contributed by atoms with Crippen molar-refractivity contribution in [3.05, 3.63) is 71.8 Å². The summed E-state index contributed by atoms with van der Waals surface area (Å²) in [5.41, 5.74) is 1.95. The smallest absolute Gasteiger partial charge is 0.786 e. The minimum absolute atomic E-state index is 0. The second-order valence-corrected chi connectivity index (χ2v) is 4.71. The Bertz CT molecular complexity index is 409. The third-order valence-corrected chi connectivity index (χ3v) is 3.04. The van der Waals surface area contributed by atoms with E-state index < -0.39 is 8.60 Å². The van der Waals surface area contributed by atoms with Crippen molar-refractivity contribution in [1.82, 2.24) is 0 Å². The van der Waals surface area contributed by atoms with Crippen molar-refractivity contribution in [2.24, 2.45) is 0 Å². The van der Waals surface area contributed by atoms with E-state index in [9.17, 15) is 4.89 Å². The second-order valence-electron chi connectivity index (χ2n) is 3.74. The molecule has 0 atom stereocenters. The van der Waals surface area contributed by atoms with Gasteiger partial charge in [0.25, 0.3) is 0 Å². The first-order chi connectivity index (χ1) is 8.84. The average molecular weight is 284 g/mol. The first kappa shape index (κ1) is 16.8. The molecule has 0 radical (unpaired) electrons. The van der Waals surface area contributed by atoms with E-state index in [1.54, 1.807) is 0 Å². The van der Waals surface area contributed by atoms with Crippen molar-refractivity contribution < 1.29 is 43.5 Å². The maximum absolute atomic E-state index is 11.5. The maximum atomic E-state index is 11.5. The third-order valence-electron chi connectivity index (χ3n) is 2.36. The van der Waals surface area contributed by atoms with Gasteiger partial charge in [0.2, 0.25) is 0 Å². The molecule has 0 heterocycles. The molecule has 0 aromatic heterocycles. The number of benzene rings is 2. The van der Waals surface area contributed by atoms with Gasteiger partial charge in [-0.2, -0.15) is 0 Å². The summed E-state index contributed by atoms with van der Waals surface area (Å²) in [6.45, 7) is 0.593. The van der Waals surface area contributed by atoms with E-state index >= 15 is 0 Å². The molecule has 0 spiro atoms. The molecule has 2 aromatic rings. The molecule has 94 valence electrons. The maximum Gasteiger partial charge on any atom is 1.00 e. The zero-order chi connectivity index (χ0) is 12.6. The molecule has 0 saturated carbocycles. The van der Waals surface area contributed by atoms with Crippen molar-refractivity contribution in [3.63, 3.8) is 0 Å². The number of rotatable bonds is 6. The molecule has 0 amide bonds. The molecule has 0 bridgehead atoms.